The monoisotopic (exact) mass is 313 g/mol. The molecule has 2 aromatic rings. The van der Waals surface area contributed by atoms with Gasteiger partial charge in [0.2, 0.25) is 0 Å². The molecule has 0 amide bonds. The van der Waals surface area contributed by atoms with E-state index in [1.165, 1.54) is 12.7 Å². The number of carbonyl (C=O) groups is 1. The number of carbonyl (C=O) groups excluding carboxylic acids is 1. The van der Waals surface area contributed by atoms with E-state index in [-0.39, 0.29) is 17.3 Å². The van der Waals surface area contributed by atoms with Crippen LogP contribution in [-0.4, -0.2) is 27.8 Å². The summed E-state index contributed by atoms with van der Waals surface area (Å²) in [5.41, 5.74) is 2.43. The Kier molecular flexibility index (Phi) is 3.96. The van der Waals surface area contributed by atoms with Gasteiger partial charge in [-0.15, -0.1) is 0 Å². The Morgan fingerprint density at radius 1 is 1.26 bits per heavy atom. The number of hydrogen-bond donors (Lipinski definition) is 0. The second-order valence-electron chi connectivity index (χ2n) is 7.12. The first-order valence-electron chi connectivity index (χ1n) is 8.01. The van der Waals surface area contributed by atoms with Crippen molar-refractivity contribution in [3.63, 3.8) is 0 Å². The van der Waals surface area contributed by atoms with Crippen molar-refractivity contribution in [1.29, 1.82) is 0 Å². The number of ether oxygens (including phenoxy) is 1. The van der Waals surface area contributed by atoms with Gasteiger partial charge in [0.25, 0.3) is 0 Å². The molecule has 0 saturated heterocycles. The van der Waals surface area contributed by atoms with E-state index in [4.69, 9.17) is 4.74 Å². The summed E-state index contributed by atoms with van der Waals surface area (Å²) < 4.78 is 6.69. The smallest absolute Gasteiger partial charge is 0.310 e. The second kappa shape index (κ2) is 5.80. The van der Waals surface area contributed by atoms with Crippen molar-refractivity contribution in [1.82, 2.24) is 14.8 Å². The molecule has 0 N–H and O–H groups in total. The molecule has 122 valence electrons. The topological polar surface area (TPSA) is 57.0 Å². The van der Waals surface area contributed by atoms with Crippen molar-refractivity contribution < 1.29 is 9.53 Å². The molecule has 0 saturated carbocycles. The third-order valence-corrected chi connectivity index (χ3v) is 4.40. The number of nitrogens with zero attached hydrogens (tertiary/aromatic N) is 3. The van der Waals surface area contributed by atoms with Gasteiger partial charge in [-0.3, -0.25) is 4.79 Å². The van der Waals surface area contributed by atoms with Gasteiger partial charge in [0.05, 0.1) is 19.6 Å². The lowest BCUT2D eigenvalue weighted by Gasteiger charge is -2.19. The first kappa shape index (κ1) is 15.7. The number of methoxy groups -OCH3 is 1. The molecule has 1 aromatic heterocycles. The number of aryl methyl sites for hydroxylation is 1. The molecule has 2 heterocycles. The molecule has 1 aliphatic rings. The van der Waals surface area contributed by atoms with Gasteiger partial charge in [0, 0.05) is 12.0 Å². The maximum Gasteiger partial charge on any atom is 0.310 e. The molecule has 1 aromatic carbocycles. The number of aromatic nitrogens is 3. The fourth-order valence-corrected chi connectivity index (χ4v) is 2.91. The van der Waals surface area contributed by atoms with Crippen LogP contribution >= 0.6 is 0 Å². The zero-order valence-electron chi connectivity index (χ0n) is 14.2. The van der Waals surface area contributed by atoms with Crippen LogP contribution in [0.4, 0.5) is 0 Å². The van der Waals surface area contributed by atoms with E-state index in [1.807, 2.05) is 4.68 Å². The summed E-state index contributed by atoms with van der Waals surface area (Å²) >= 11 is 0. The zero-order chi connectivity index (χ0) is 16.6. The highest BCUT2D eigenvalue weighted by atomic mass is 16.5. The van der Waals surface area contributed by atoms with Crippen LogP contribution in [0, 0.1) is 5.92 Å². The molecule has 0 bridgehead atoms. The third kappa shape index (κ3) is 3.14. The third-order valence-electron chi connectivity index (χ3n) is 4.40. The predicted octanol–water partition coefficient (Wildman–Crippen LogP) is 2.98. The van der Waals surface area contributed by atoms with E-state index in [9.17, 15) is 4.79 Å². The number of benzene rings is 1. The van der Waals surface area contributed by atoms with Crippen LogP contribution in [0.15, 0.2) is 24.3 Å². The van der Waals surface area contributed by atoms with E-state index in [1.54, 1.807) is 0 Å². The molecule has 23 heavy (non-hydrogen) atoms. The number of esters is 1. The quantitative estimate of drug-likeness (QED) is 0.800. The lowest BCUT2D eigenvalue weighted by atomic mass is 9.87. The Balaban J connectivity index is 1.84. The van der Waals surface area contributed by atoms with E-state index < -0.39 is 0 Å². The minimum atomic E-state index is -0.165. The molecular weight excluding hydrogens is 290 g/mol. The van der Waals surface area contributed by atoms with E-state index in [0.29, 0.717) is 6.54 Å². The van der Waals surface area contributed by atoms with Gasteiger partial charge in [0.1, 0.15) is 5.82 Å². The second-order valence-corrected chi connectivity index (χ2v) is 7.12. The molecule has 0 spiro atoms. The summed E-state index contributed by atoms with van der Waals surface area (Å²) in [6.07, 6.45) is 1.53. The number of rotatable bonds is 2. The largest absolute Gasteiger partial charge is 0.469 e. The van der Waals surface area contributed by atoms with E-state index in [2.05, 4.69) is 55.1 Å². The summed E-state index contributed by atoms with van der Waals surface area (Å²) in [6, 6.07) is 8.40. The highest BCUT2D eigenvalue weighted by Gasteiger charge is 2.27. The van der Waals surface area contributed by atoms with E-state index >= 15 is 0 Å². The van der Waals surface area contributed by atoms with Gasteiger partial charge in [-0.05, 0) is 17.4 Å². The summed E-state index contributed by atoms with van der Waals surface area (Å²) in [6.45, 7) is 7.14. The Labute approximate surface area is 136 Å². The Morgan fingerprint density at radius 2 is 1.96 bits per heavy atom. The maximum absolute atomic E-state index is 11.7. The standard InChI is InChI=1S/C18H23N3O2/c1-18(2,3)14-8-5-12(6-9-14)16-19-15-10-7-13(17(22)23-4)11-21(15)20-16/h5-6,8-9,13H,7,10-11H2,1-4H3. The Bertz CT molecular complexity index is 711. The van der Waals surface area contributed by atoms with Crippen molar-refractivity contribution >= 4 is 5.97 Å². The Hall–Kier alpha value is -2.17. The average Bonchev–Trinajstić information content (AvgIpc) is 2.96. The summed E-state index contributed by atoms with van der Waals surface area (Å²) in [4.78, 5) is 16.3. The van der Waals surface area contributed by atoms with Gasteiger partial charge in [-0.2, -0.15) is 5.10 Å². The predicted molar refractivity (Wildman–Crippen MR) is 88.0 cm³/mol. The van der Waals surface area contributed by atoms with Gasteiger partial charge in [0.15, 0.2) is 5.82 Å². The zero-order valence-corrected chi connectivity index (χ0v) is 14.2. The molecule has 5 nitrogen and oxygen atoms in total. The molecule has 0 fully saturated rings. The summed E-state index contributed by atoms with van der Waals surface area (Å²) in [5, 5.41) is 4.58. The highest BCUT2D eigenvalue weighted by molar-refractivity contribution is 5.72. The molecular formula is C18H23N3O2. The van der Waals surface area contributed by atoms with Gasteiger partial charge < -0.3 is 4.74 Å². The molecule has 0 radical (unpaired) electrons. The molecule has 0 aliphatic carbocycles. The number of fused-ring (bicyclic) bond motifs is 1. The van der Waals surface area contributed by atoms with Crippen molar-refractivity contribution in [2.75, 3.05) is 7.11 Å². The normalized spacial score (nSPS) is 17.7. The minimum Gasteiger partial charge on any atom is -0.469 e. The van der Waals surface area contributed by atoms with Crippen LogP contribution in [-0.2, 0) is 27.9 Å². The summed E-state index contributed by atoms with van der Waals surface area (Å²) in [7, 11) is 1.43. The molecule has 1 atom stereocenters. The van der Waals surface area contributed by atoms with Crippen molar-refractivity contribution in [3.8, 4) is 11.4 Å². The highest BCUT2D eigenvalue weighted by Crippen LogP contribution is 2.26. The van der Waals surface area contributed by atoms with Crippen LogP contribution in [0.5, 0.6) is 0 Å². The summed E-state index contributed by atoms with van der Waals surface area (Å²) in [5.74, 6) is 1.39. The maximum atomic E-state index is 11.7. The first-order chi connectivity index (χ1) is 10.9. The van der Waals surface area contributed by atoms with Gasteiger partial charge in [-0.25, -0.2) is 9.67 Å². The van der Waals surface area contributed by atoms with E-state index in [0.717, 1.165) is 30.1 Å². The van der Waals surface area contributed by atoms with Gasteiger partial charge in [-0.1, -0.05) is 45.0 Å². The fraction of sp³-hybridized carbons (Fsp3) is 0.500. The van der Waals surface area contributed by atoms with Crippen LogP contribution in [0.2, 0.25) is 0 Å². The van der Waals surface area contributed by atoms with Crippen LogP contribution < -0.4 is 0 Å². The van der Waals surface area contributed by atoms with Crippen LogP contribution in [0.25, 0.3) is 11.4 Å². The lowest BCUT2D eigenvalue weighted by molar-refractivity contribution is -0.146. The van der Waals surface area contributed by atoms with Crippen molar-refractivity contribution in [2.45, 2.75) is 45.6 Å². The molecule has 3 rings (SSSR count). The first-order valence-corrected chi connectivity index (χ1v) is 8.01. The van der Waals surface area contributed by atoms with Crippen molar-refractivity contribution in [3.05, 3.63) is 35.7 Å². The molecule has 5 heteroatoms. The van der Waals surface area contributed by atoms with Gasteiger partial charge >= 0.3 is 5.97 Å². The lowest BCUT2D eigenvalue weighted by Crippen LogP contribution is -2.28. The average molecular weight is 313 g/mol. The fourth-order valence-electron chi connectivity index (χ4n) is 2.91. The van der Waals surface area contributed by atoms with Crippen LogP contribution in [0.3, 0.4) is 0 Å². The Morgan fingerprint density at radius 3 is 2.57 bits per heavy atom. The molecule has 1 unspecified atom stereocenters. The van der Waals surface area contributed by atoms with Crippen LogP contribution in [0.1, 0.15) is 38.6 Å². The van der Waals surface area contributed by atoms with Crippen molar-refractivity contribution in [2.24, 2.45) is 5.92 Å². The molecule has 1 aliphatic heterocycles. The number of hydrogen-bond acceptors (Lipinski definition) is 4. The minimum absolute atomic E-state index is 0.120. The SMILES string of the molecule is COC(=O)C1CCc2nc(-c3ccc(C(C)(C)C)cc3)nn2C1.